The maximum Gasteiger partial charge on any atom is 0.416 e. The Morgan fingerprint density at radius 2 is 1.71 bits per heavy atom. The van der Waals surface area contributed by atoms with Crippen molar-refractivity contribution < 1.29 is 27.4 Å². The molecule has 0 saturated carbocycles. The highest BCUT2D eigenvalue weighted by Gasteiger charge is 2.31. The number of rotatable bonds is 8. The van der Waals surface area contributed by atoms with E-state index in [2.05, 4.69) is 5.32 Å². The molecule has 0 amide bonds. The standard InChI is InChI=1S/C14H20F3NO3/c1-4-20-13(21-5-2)9-18-11-6-10(14(15,16)17)7-12(8-11)19-3/h6-8,13,18H,4-5,9H2,1-3H3. The fourth-order valence-electron chi connectivity index (χ4n) is 1.72. The molecule has 1 N–H and O–H groups in total. The number of alkyl halides is 3. The first kappa shape index (κ1) is 17.6. The minimum absolute atomic E-state index is 0.136. The van der Waals surface area contributed by atoms with Crippen molar-refractivity contribution in [3.8, 4) is 5.75 Å². The second-order valence-corrected chi connectivity index (χ2v) is 4.17. The summed E-state index contributed by atoms with van der Waals surface area (Å²) in [7, 11) is 1.32. The summed E-state index contributed by atoms with van der Waals surface area (Å²) in [6.45, 7) is 4.79. The number of halogens is 3. The normalized spacial score (nSPS) is 11.8. The van der Waals surface area contributed by atoms with Crippen molar-refractivity contribution in [3.63, 3.8) is 0 Å². The smallest absolute Gasteiger partial charge is 0.416 e. The molecule has 21 heavy (non-hydrogen) atoms. The van der Waals surface area contributed by atoms with Gasteiger partial charge >= 0.3 is 6.18 Å². The van der Waals surface area contributed by atoms with Gasteiger partial charge in [-0.15, -0.1) is 0 Å². The zero-order chi connectivity index (χ0) is 15.9. The predicted molar refractivity (Wildman–Crippen MR) is 73.5 cm³/mol. The van der Waals surface area contributed by atoms with Gasteiger partial charge in [0.1, 0.15) is 5.75 Å². The van der Waals surface area contributed by atoms with E-state index in [1.165, 1.54) is 13.2 Å². The van der Waals surface area contributed by atoms with Gasteiger partial charge in [0.05, 0.1) is 19.2 Å². The lowest BCUT2D eigenvalue weighted by atomic mass is 10.2. The van der Waals surface area contributed by atoms with Gasteiger partial charge in [0.15, 0.2) is 6.29 Å². The quantitative estimate of drug-likeness (QED) is 0.746. The number of nitrogens with one attached hydrogen (secondary N) is 1. The summed E-state index contributed by atoms with van der Waals surface area (Å²) in [4.78, 5) is 0. The van der Waals surface area contributed by atoms with E-state index >= 15 is 0 Å². The molecule has 0 unspecified atom stereocenters. The van der Waals surface area contributed by atoms with E-state index in [4.69, 9.17) is 14.2 Å². The fraction of sp³-hybridized carbons (Fsp3) is 0.571. The monoisotopic (exact) mass is 307 g/mol. The van der Waals surface area contributed by atoms with Crippen LogP contribution in [0.2, 0.25) is 0 Å². The van der Waals surface area contributed by atoms with Crippen molar-refractivity contribution in [3.05, 3.63) is 23.8 Å². The van der Waals surface area contributed by atoms with E-state index in [1.807, 2.05) is 13.8 Å². The van der Waals surface area contributed by atoms with Crippen LogP contribution in [0.15, 0.2) is 18.2 Å². The van der Waals surface area contributed by atoms with E-state index < -0.39 is 18.0 Å². The zero-order valence-corrected chi connectivity index (χ0v) is 12.3. The van der Waals surface area contributed by atoms with Crippen LogP contribution in [-0.2, 0) is 15.7 Å². The molecule has 4 nitrogen and oxygen atoms in total. The van der Waals surface area contributed by atoms with Crippen molar-refractivity contribution in [2.24, 2.45) is 0 Å². The first-order chi connectivity index (χ1) is 9.90. The Morgan fingerprint density at radius 3 is 2.19 bits per heavy atom. The fourth-order valence-corrected chi connectivity index (χ4v) is 1.72. The Labute approximate surface area is 122 Å². The summed E-state index contributed by atoms with van der Waals surface area (Å²) in [6, 6.07) is 3.47. The molecule has 1 aromatic rings. The Morgan fingerprint density at radius 1 is 1.10 bits per heavy atom. The van der Waals surface area contributed by atoms with Gasteiger partial charge in [-0.25, -0.2) is 0 Å². The molecule has 0 saturated heterocycles. The molecule has 0 fully saturated rings. The number of benzene rings is 1. The molecular formula is C14H20F3NO3. The third-order valence-corrected chi connectivity index (χ3v) is 2.65. The second-order valence-electron chi connectivity index (χ2n) is 4.17. The van der Waals surface area contributed by atoms with E-state index in [1.54, 1.807) is 0 Å². The average Bonchev–Trinajstić information content (AvgIpc) is 2.44. The van der Waals surface area contributed by atoms with Crippen LogP contribution < -0.4 is 10.1 Å². The molecule has 7 heteroatoms. The summed E-state index contributed by atoms with van der Waals surface area (Å²) in [5, 5.41) is 2.87. The summed E-state index contributed by atoms with van der Waals surface area (Å²) in [5.74, 6) is 0.136. The molecule has 0 bridgehead atoms. The number of anilines is 1. The molecule has 120 valence electrons. The third-order valence-electron chi connectivity index (χ3n) is 2.65. The topological polar surface area (TPSA) is 39.7 Å². The molecular weight excluding hydrogens is 287 g/mol. The van der Waals surface area contributed by atoms with E-state index in [0.29, 0.717) is 18.9 Å². The number of ether oxygens (including phenoxy) is 3. The minimum atomic E-state index is -4.43. The average molecular weight is 307 g/mol. The van der Waals surface area contributed by atoms with Crippen LogP contribution in [0.25, 0.3) is 0 Å². The van der Waals surface area contributed by atoms with E-state index in [0.717, 1.165) is 12.1 Å². The zero-order valence-electron chi connectivity index (χ0n) is 12.3. The molecule has 0 radical (unpaired) electrons. The number of hydrogen-bond acceptors (Lipinski definition) is 4. The van der Waals surface area contributed by atoms with Crippen molar-refractivity contribution in [2.45, 2.75) is 26.3 Å². The van der Waals surface area contributed by atoms with Gasteiger partial charge in [0, 0.05) is 25.0 Å². The first-order valence-corrected chi connectivity index (χ1v) is 6.64. The summed E-state index contributed by atoms with van der Waals surface area (Å²) in [5.41, 5.74) is -0.472. The molecule has 0 aromatic heterocycles. The lowest BCUT2D eigenvalue weighted by molar-refractivity contribution is -0.137. The summed E-state index contributed by atoms with van der Waals surface area (Å²) < 4.78 is 53.9. The Kier molecular flexibility index (Phi) is 6.77. The molecule has 1 aromatic carbocycles. The van der Waals surface area contributed by atoms with Crippen LogP contribution in [-0.4, -0.2) is 33.2 Å². The van der Waals surface area contributed by atoms with E-state index in [-0.39, 0.29) is 12.3 Å². The highest BCUT2D eigenvalue weighted by Crippen LogP contribution is 2.34. The highest BCUT2D eigenvalue weighted by atomic mass is 19.4. The largest absolute Gasteiger partial charge is 0.497 e. The molecule has 0 atom stereocenters. The maximum atomic E-state index is 12.8. The van der Waals surface area contributed by atoms with Gasteiger partial charge < -0.3 is 19.5 Å². The third kappa shape index (κ3) is 5.81. The lowest BCUT2D eigenvalue weighted by Gasteiger charge is -2.19. The predicted octanol–water partition coefficient (Wildman–Crippen LogP) is 3.53. The number of hydrogen-bond donors (Lipinski definition) is 1. The lowest BCUT2D eigenvalue weighted by Crippen LogP contribution is -2.26. The van der Waals surface area contributed by atoms with Crippen LogP contribution >= 0.6 is 0 Å². The highest BCUT2D eigenvalue weighted by molar-refractivity contribution is 5.52. The second kappa shape index (κ2) is 8.09. The molecule has 0 heterocycles. The van der Waals surface area contributed by atoms with Gasteiger partial charge in [-0.05, 0) is 26.0 Å². The Hall–Kier alpha value is -1.47. The van der Waals surface area contributed by atoms with Gasteiger partial charge in [0.25, 0.3) is 0 Å². The van der Waals surface area contributed by atoms with Gasteiger partial charge in [-0.3, -0.25) is 0 Å². The number of methoxy groups -OCH3 is 1. The van der Waals surface area contributed by atoms with Crippen molar-refractivity contribution in [1.82, 2.24) is 0 Å². The molecule has 0 spiro atoms. The Bertz CT molecular complexity index is 432. The van der Waals surface area contributed by atoms with Crippen LogP contribution in [0.3, 0.4) is 0 Å². The molecule has 0 aliphatic carbocycles. The molecule has 1 rings (SSSR count). The summed E-state index contributed by atoms with van der Waals surface area (Å²) in [6.07, 6.45) is -4.94. The van der Waals surface area contributed by atoms with Crippen molar-refractivity contribution >= 4 is 5.69 Å². The first-order valence-electron chi connectivity index (χ1n) is 6.64. The van der Waals surface area contributed by atoms with E-state index in [9.17, 15) is 13.2 Å². The van der Waals surface area contributed by atoms with Crippen LogP contribution in [0.4, 0.5) is 18.9 Å². The van der Waals surface area contributed by atoms with Gasteiger partial charge in [-0.1, -0.05) is 0 Å². The van der Waals surface area contributed by atoms with Crippen LogP contribution in [0, 0.1) is 0 Å². The molecule has 0 aliphatic rings. The van der Waals surface area contributed by atoms with Gasteiger partial charge in [-0.2, -0.15) is 13.2 Å². The van der Waals surface area contributed by atoms with Crippen LogP contribution in [0.5, 0.6) is 5.75 Å². The maximum absolute atomic E-state index is 12.8. The summed E-state index contributed by atoms with van der Waals surface area (Å²) >= 11 is 0. The molecule has 0 aliphatic heterocycles. The van der Waals surface area contributed by atoms with Gasteiger partial charge in [0.2, 0.25) is 0 Å². The van der Waals surface area contributed by atoms with Crippen molar-refractivity contribution in [2.75, 3.05) is 32.2 Å². The van der Waals surface area contributed by atoms with Crippen LogP contribution in [0.1, 0.15) is 19.4 Å². The van der Waals surface area contributed by atoms with Crippen molar-refractivity contribution in [1.29, 1.82) is 0 Å². The SMILES string of the molecule is CCOC(CNc1cc(OC)cc(C(F)(F)F)c1)OCC. The minimum Gasteiger partial charge on any atom is -0.497 e. The Balaban J connectivity index is 2.82.